The molecular formula is C29H33BrF3N5O4. The topological polar surface area (TPSA) is 92.0 Å². The summed E-state index contributed by atoms with van der Waals surface area (Å²) in [4.78, 5) is 33.6. The molecule has 1 amide bonds. The van der Waals surface area contributed by atoms with Crippen LogP contribution in [0.25, 0.3) is 10.9 Å². The molecule has 0 bridgehead atoms. The van der Waals surface area contributed by atoms with Crippen LogP contribution in [0.3, 0.4) is 0 Å². The first kappa shape index (κ1) is 30.3. The third-order valence-electron chi connectivity index (χ3n) is 8.50. The monoisotopic (exact) mass is 651 g/mol. The molecule has 2 heterocycles. The number of nitro groups is 1. The number of carbonyl (C=O) groups excluding carboxylic acids is 1. The number of halogens is 4. The van der Waals surface area contributed by atoms with Gasteiger partial charge >= 0.3 is 6.18 Å². The first-order valence-electron chi connectivity index (χ1n) is 14.0. The minimum atomic E-state index is -4.69. The van der Waals surface area contributed by atoms with Crippen molar-refractivity contribution >= 4 is 38.6 Å². The number of amides is 1. The lowest BCUT2D eigenvalue weighted by Gasteiger charge is -2.39. The van der Waals surface area contributed by atoms with E-state index in [1.54, 1.807) is 7.05 Å². The Balaban J connectivity index is 1.06. The zero-order valence-electron chi connectivity index (χ0n) is 23.2. The maximum atomic E-state index is 13.5. The van der Waals surface area contributed by atoms with Crippen LogP contribution in [-0.2, 0) is 9.53 Å². The summed E-state index contributed by atoms with van der Waals surface area (Å²) in [5, 5.41) is 12.2. The SMILES string of the molecule is CN(C1=CC=C([N+](=O)[O-])C(C(F)(F)F)C1)C1CCC(OCC(=O)N2CCN(c3ccc4cc(Br)ccc4n3)CC2)CC1. The molecule has 13 heteroatoms. The molecule has 0 spiro atoms. The van der Waals surface area contributed by atoms with Gasteiger partial charge < -0.3 is 19.4 Å². The van der Waals surface area contributed by atoms with Gasteiger partial charge in [0.15, 0.2) is 5.92 Å². The van der Waals surface area contributed by atoms with Gasteiger partial charge in [-0.05, 0) is 62.1 Å². The summed E-state index contributed by atoms with van der Waals surface area (Å²) in [6.45, 7) is 2.53. The van der Waals surface area contributed by atoms with Crippen molar-refractivity contribution in [2.75, 3.05) is 44.7 Å². The van der Waals surface area contributed by atoms with Crippen LogP contribution in [0.5, 0.6) is 0 Å². The van der Waals surface area contributed by atoms with Crippen molar-refractivity contribution in [2.24, 2.45) is 5.92 Å². The molecule has 2 aliphatic carbocycles. The number of alkyl halides is 3. The molecule has 5 rings (SSSR count). The molecule has 1 atom stereocenters. The summed E-state index contributed by atoms with van der Waals surface area (Å²) < 4.78 is 47.4. The lowest BCUT2D eigenvalue weighted by atomic mass is 9.89. The van der Waals surface area contributed by atoms with Crippen LogP contribution in [0, 0.1) is 16.0 Å². The molecule has 9 nitrogen and oxygen atoms in total. The summed E-state index contributed by atoms with van der Waals surface area (Å²) in [6.07, 6.45) is -0.0477. The summed E-state index contributed by atoms with van der Waals surface area (Å²) in [6, 6.07) is 10.0. The van der Waals surface area contributed by atoms with E-state index in [9.17, 15) is 28.1 Å². The van der Waals surface area contributed by atoms with E-state index >= 15 is 0 Å². The Kier molecular flexibility index (Phi) is 9.07. The van der Waals surface area contributed by atoms with Gasteiger partial charge in [-0.1, -0.05) is 15.9 Å². The molecule has 2 aromatic rings. The highest BCUT2D eigenvalue weighted by molar-refractivity contribution is 9.10. The minimum absolute atomic E-state index is 0.00114. The normalized spacial score (nSPS) is 23.4. The Morgan fingerprint density at radius 1 is 1.12 bits per heavy atom. The highest BCUT2D eigenvalue weighted by Gasteiger charge is 2.49. The number of carbonyl (C=O) groups is 1. The average molecular weight is 653 g/mol. The highest BCUT2D eigenvalue weighted by Crippen LogP contribution is 2.40. The van der Waals surface area contributed by atoms with Crippen molar-refractivity contribution in [3.05, 3.63) is 68.5 Å². The Bertz CT molecular complexity index is 1390. The second-order valence-corrected chi connectivity index (χ2v) is 11.9. The van der Waals surface area contributed by atoms with E-state index in [0.717, 1.165) is 27.3 Å². The molecule has 2 fully saturated rings. The Morgan fingerprint density at radius 3 is 2.50 bits per heavy atom. The second kappa shape index (κ2) is 12.6. The number of anilines is 1. The van der Waals surface area contributed by atoms with Crippen molar-refractivity contribution < 1.29 is 27.6 Å². The quantitative estimate of drug-likeness (QED) is 0.287. The molecule has 0 radical (unpaired) electrons. The molecule has 1 aromatic carbocycles. The number of hydrogen-bond acceptors (Lipinski definition) is 7. The molecular weight excluding hydrogens is 619 g/mol. The van der Waals surface area contributed by atoms with Gasteiger partial charge in [0, 0.05) is 67.3 Å². The zero-order valence-corrected chi connectivity index (χ0v) is 24.8. The van der Waals surface area contributed by atoms with Crippen molar-refractivity contribution in [3.8, 4) is 0 Å². The fourth-order valence-electron chi connectivity index (χ4n) is 5.97. The smallest absolute Gasteiger partial charge is 0.375 e. The van der Waals surface area contributed by atoms with E-state index in [2.05, 4.69) is 26.9 Å². The van der Waals surface area contributed by atoms with Crippen LogP contribution in [0.1, 0.15) is 32.1 Å². The minimum Gasteiger partial charge on any atom is -0.375 e. The van der Waals surface area contributed by atoms with Crippen molar-refractivity contribution in [3.63, 3.8) is 0 Å². The van der Waals surface area contributed by atoms with Gasteiger partial charge in [0.05, 0.1) is 16.5 Å². The van der Waals surface area contributed by atoms with Crippen LogP contribution in [-0.4, -0.2) is 83.8 Å². The van der Waals surface area contributed by atoms with Gasteiger partial charge in [-0.2, -0.15) is 13.2 Å². The molecule has 0 N–H and O–H groups in total. The first-order chi connectivity index (χ1) is 20.0. The van der Waals surface area contributed by atoms with E-state index < -0.39 is 29.1 Å². The summed E-state index contributed by atoms with van der Waals surface area (Å²) in [5.41, 5.74) is 0.542. The molecule has 226 valence electrons. The zero-order chi connectivity index (χ0) is 30.0. The van der Waals surface area contributed by atoms with Crippen LogP contribution in [0.15, 0.2) is 58.4 Å². The maximum absolute atomic E-state index is 13.5. The second-order valence-electron chi connectivity index (χ2n) is 11.0. The number of allylic oxidation sites excluding steroid dienone is 4. The number of rotatable bonds is 7. The van der Waals surface area contributed by atoms with Gasteiger partial charge in [-0.25, -0.2) is 4.98 Å². The van der Waals surface area contributed by atoms with E-state index in [1.165, 1.54) is 6.08 Å². The number of pyridine rings is 1. The fraction of sp³-hybridized carbons (Fsp3) is 0.517. The molecule has 1 aromatic heterocycles. The third kappa shape index (κ3) is 6.88. The van der Waals surface area contributed by atoms with Gasteiger partial charge in [-0.3, -0.25) is 14.9 Å². The number of benzene rings is 1. The Labute approximate surface area is 250 Å². The number of aromatic nitrogens is 1. The average Bonchev–Trinajstić information content (AvgIpc) is 2.98. The maximum Gasteiger partial charge on any atom is 0.402 e. The van der Waals surface area contributed by atoms with Gasteiger partial charge in [-0.15, -0.1) is 0 Å². The van der Waals surface area contributed by atoms with E-state index in [1.807, 2.05) is 34.1 Å². The highest BCUT2D eigenvalue weighted by atomic mass is 79.9. The van der Waals surface area contributed by atoms with E-state index in [-0.39, 0.29) is 24.7 Å². The fourth-order valence-corrected chi connectivity index (χ4v) is 6.35. The van der Waals surface area contributed by atoms with Crippen LogP contribution in [0.4, 0.5) is 19.0 Å². The number of nitrogens with zero attached hydrogens (tertiary/aromatic N) is 5. The summed E-state index contributed by atoms with van der Waals surface area (Å²) >= 11 is 3.48. The lowest BCUT2D eigenvalue weighted by molar-refractivity contribution is -0.443. The van der Waals surface area contributed by atoms with Gasteiger partial charge in [0.2, 0.25) is 5.91 Å². The van der Waals surface area contributed by atoms with Crippen LogP contribution < -0.4 is 4.90 Å². The predicted molar refractivity (Wildman–Crippen MR) is 155 cm³/mol. The van der Waals surface area contributed by atoms with Crippen molar-refractivity contribution in [2.45, 2.75) is 50.4 Å². The molecule has 1 unspecified atom stereocenters. The third-order valence-corrected chi connectivity index (χ3v) is 9.00. The molecule has 3 aliphatic rings. The predicted octanol–water partition coefficient (Wildman–Crippen LogP) is 5.53. The molecule has 1 saturated heterocycles. The molecule has 42 heavy (non-hydrogen) atoms. The number of ether oxygens (including phenoxy) is 1. The standard InChI is InChI=1S/C29H33BrF3N5O4/c1-35(22-6-10-26(38(40)41)24(17-22)29(31,32)33)21-4-7-23(8-5-21)42-18-28(39)37-14-12-36(13-15-37)27-11-2-19-16-20(30)3-9-25(19)34-27/h2-3,6,9-11,16,21,23-24H,4-5,7-8,12-15,17-18H2,1H3. The van der Waals surface area contributed by atoms with Gasteiger partial charge in [0.25, 0.3) is 5.70 Å². The van der Waals surface area contributed by atoms with E-state index in [4.69, 9.17) is 9.72 Å². The lowest BCUT2D eigenvalue weighted by Crippen LogP contribution is -2.50. The summed E-state index contributed by atoms with van der Waals surface area (Å²) in [7, 11) is 1.74. The Morgan fingerprint density at radius 2 is 1.83 bits per heavy atom. The van der Waals surface area contributed by atoms with Crippen molar-refractivity contribution in [1.82, 2.24) is 14.8 Å². The number of fused-ring (bicyclic) bond motifs is 1. The Hall–Kier alpha value is -3.19. The van der Waals surface area contributed by atoms with Crippen molar-refractivity contribution in [1.29, 1.82) is 0 Å². The largest absolute Gasteiger partial charge is 0.402 e. The van der Waals surface area contributed by atoms with Gasteiger partial charge in [0.1, 0.15) is 12.4 Å². The molecule has 1 aliphatic heterocycles. The summed E-state index contributed by atoms with van der Waals surface area (Å²) in [5.74, 6) is -1.28. The first-order valence-corrected chi connectivity index (χ1v) is 14.8. The van der Waals surface area contributed by atoms with E-state index in [0.29, 0.717) is 57.6 Å². The van der Waals surface area contributed by atoms with Crippen LogP contribution in [0.2, 0.25) is 0 Å². The number of hydrogen-bond donors (Lipinski definition) is 0. The number of piperazine rings is 1. The molecule has 1 saturated carbocycles. The van der Waals surface area contributed by atoms with Crippen LogP contribution >= 0.6 is 15.9 Å².